The third kappa shape index (κ3) is 5.71. The molecule has 0 aliphatic heterocycles. The van der Waals surface area contributed by atoms with Gasteiger partial charge in [-0.05, 0) is 73.8 Å². The van der Waals surface area contributed by atoms with Crippen LogP contribution in [0.5, 0.6) is 0 Å². The van der Waals surface area contributed by atoms with E-state index in [9.17, 15) is 9.18 Å². The fourth-order valence-electron chi connectivity index (χ4n) is 3.74. The molecular formula is C26H29FN4O. The fraction of sp³-hybridized carbons (Fsp3) is 0.308. The number of aryl methyl sites for hydroxylation is 1. The molecule has 0 bridgehead atoms. The van der Waals surface area contributed by atoms with Crippen molar-refractivity contribution in [2.75, 3.05) is 6.54 Å². The fourth-order valence-corrected chi connectivity index (χ4v) is 3.74. The Balaban J connectivity index is 1.86. The second kappa shape index (κ2) is 11.4. The lowest BCUT2D eigenvalue weighted by molar-refractivity contribution is -0.119. The first-order chi connectivity index (χ1) is 15.5. The molecule has 0 amide bonds. The lowest BCUT2D eigenvalue weighted by Gasteiger charge is -2.14. The quantitative estimate of drug-likeness (QED) is 0.310. The highest BCUT2D eigenvalue weighted by Crippen LogP contribution is 2.32. The number of ketones is 1. The van der Waals surface area contributed by atoms with Gasteiger partial charge in [0.1, 0.15) is 11.6 Å². The zero-order chi connectivity index (χ0) is 22.9. The summed E-state index contributed by atoms with van der Waals surface area (Å²) in [5.41, 5.74) is 9.87. The number of aromatic nitrogens is 2. The molecule has 0 saturated heterocycles. The minimum absolute atomic E-state index is 0.00188. The lowest BCUT2D eigenvalue weighted by Crippen LogP contribution is -2.15. The van der Waals surface area contributed by atoms with Crippen LogP contribution in [-0.2, 0) is 4.79 Å². The third-order valence-corrected chi connectivity index (χ3v) is 5.54. The predicted octanol–water partition coefficient (Wildman–Crippen LogP) is 5.47. The molecule has 0 aliphatic carbocycles. The maximum Gasteiger partial charge on any atom is 0.147 e. The summed E-state index contributed by atoms with van der Waals surface area (Å²) in [6.45, 7) is 2.39. The highest BCUT2D eigenvalue weighted by atomic mass is 19.1. The van der Waals surface area contributed by atoms with E-state index in [1.807, 2.05) is 24.3 Å². The molecular weight excluding hydrogens is 403 g/mol. The Hall–Kier alpha value is -3.25. The molecule has 0 saturated carbocycles. The molecule has 1 atom stereocenters. The Labute approximate surface area is 188 Å². The van der Waals surface area contributed by atoms with Crippen molar-refractivity contribution >= 4 is 12.0 Å². The van der Waals surface area contributed by atoms with Gasteiger partial charge in [-0.25, -0.2) is 4.39 Å². The van der Waals surface area contributed by atoms with Crippen molar-refractivity contribution < 1.29 is 9.18 Å². The highest BCUT2D eigenvalue weighted by molar-refractivity contribution is 5.99. The Morgan fingerprint density at radius 2 is 1.88 bits per heavy atom. The second-order valence-electron chi connectivity index (χ2n) is 7.90. The van der Waals surface area contributed by atoms with Crippen LogP contribution < -0.4 is 5.73 Å². The van der Waals surface area contributed by atoms with E-state index >= 15 is 0 Å². The average molecular weight is 433 g/mol. The van der Waals surface area contributed by atoms with Crippen molar-refractivity contribution in [3.05, 3.63) is 71.9 Å². The van der Waals surface area contributed by atoms with Gasteiger partial charge < -0.3 is 11.1 Å². The molecule has 166 valence electrons. The summed E-state index contributed by atoms with van der Waals surface area (Å²) in [5.74, 6) is -0.927. The number of nitrogens with one attached hydrogen (secondary N) is 1. The molecule has 3 rings (SSSR count). The number of Topliss-reactive ketones (excluding diaryl/α,β-unsaturated/α-hetero) is 1. The zero-order valence-corrected chi connectivity index (χ0v) is 18.4. The van der Waals surface area contributed by atoms with Crippen LogP contribution >= 0.6 is 0 Å². The number of carbonyl (C=O) groups excluding carboxylic acids is 1. The second-order valence-corrected chi connectivity index (χ2v) is 7.90. The van der Waals surface area contributed by atoms with E-state index in [4.69, 9.17) is 11.1 Å². The van der Waals surface area contributed by atoms with Crippen molar-refractivity contribution in [1.82, 2.24) is 9.97 Å². The number of hydrogen-bond acceptors (Lipinski definition) is 5. The molecule has 5 nitrogen and oxygen atoms in total. The van der Waals surface area contributed by atoms with Gasteiger partial charge in [-0.15, -0.1) is 0 Å². The van der Waals surface area contributed by atoms with Gasteiger partial charge in [0.2, 0.25) is 0 Å². The van der Waals surface area contributed by atoms with Gasteiger partial charge in [-0.3, -0.25) is 14.8 Å². The van der Waals surface area contributed by atoms with Crippen molar-refractivity contribution in [3.8, 4) is 22.4 Å². The zero-order valence-electron chi connectivity index (χ0n) is 18.4. The molecule has 0 spiro atoms. The van der Waals surface area contributed by atoms with E-state index in [-0.39, 0.29) is 11.6 Å². The molecule has 3 aromatic rings. The number of unbranched alkanes of at least 4 members (excludes halogenated alkanes) is 3. The molecule has 2 heterocycles. The van der Waals surface area contributed by atoms with Crippen LogP contribution in [0.2, 0.25) is 0 Å². The van der Waals surface area contributed by atoms with Gasteiger partial charge in [0, 0.05) is 36.2 Å². The minimum Gasteiger partial charge on any atom is -0.330 e. The number of nitrogens with two attached hydrogens (primary N) is 1. The monoisotopic (exact) mass is 432 g/mol. The number of nitrogens with zero attached hydrogens (tertiary/aromatic N) is 2. The van der Waals surface area contributed by atoms with Crippen molar-refractivity contribution in [2.45, 2.75) is 44.9 Å². The topological polar surface area (TPSA) is 92.7 Å². The number of carbonyl (C=O) groups is 1. The van der Waals surface area contributed by atoms with Gasteiger partial charge in [-0.2, -0.15) is 0 Å². The van der Waals surface area contributed by atoms with Crippen LogP contribution in [0.1, 0.15) is 49.3 Å². The van der Waals surface area contributed by atoms with Crippen LogP contribution in [-0.4, -0.2) is 28.5 Å². The number of rotatable bonds is 11. The van der Waals surface area contributed by atoms with Crippen molar-refractivity contribution in [2.24, 2.45) is 5.73 Å². The smallest absolute Gasteiger partial charge is 0.147 e. The maximum absolute atomic E-state index is 13.8. The summed E-state index contributed by atoms with van der Waals surface area (Å²) in [4.78, 5) is 21.7. The first-order valence-corrected chi connectivity index (χ1v) is 11.0. The van der Waals surface area contributed by atoms with E-state index < -0.39 is 5.92 Å². The first-order valence-electron chi connectivity index (χ1n) is 11.0. The summed E-state index contributed by atoms with van der Waals surface area (Å²) >= 11 is 0. The SMILES string of the molecule is Cc1cc(-c2ncccc2-c2ccnc(C(C=N)C(=O)CCCCCCN)c2)ccc1F. The number of benzene rings is 1. The molecule has 1 aromatic carbocycles. The maximum atomic E-state index is 13.8. The standard InChI is InChI=1S/C26H29FN4O/c1-18-15-20(9-10-23(18)27)26-21(7-6-13-31-26)19-11-14-30-24(16-19)22(17-29)25(32)8-4-2-3-5-12-28/h6-7,9-11,13-17,22,29H,2-5,8,12,28H2,1H3. The number of pyridine rings is 2. The molecule has 0 aliphatic rings. The summed E-state index contributed by atoms with van der Waals surface area (Å²) < 4.78 is 13.8. The Kier molecular flexibility index (Phi) is 8.34. The number of hydrogen-bond donors (Lipinski definition) is 2. The van der Waals surface area contributed by atoms with E-state index in [0.717, 1.165) is 48.1 Å². The van der Waals surface area contributed by atoms with E-state index in [1.54, 1.807) is 31.5 Å². The normalized spacial score (nSPS) is 11.8. The van der Waals surface area contributed by atoms with Crippen LogP contribution in [0.4, 0.5) is 4.39 Å². The molecule has 3 N–H and O–H groups in total. The highest BCUT2D eigenvalue weighted by Gasteiger charge is 2.20. The van der Waals surface area contributed by atoms with Gasteiger partial charge >= 0.3 is 0 Å². The van der Waals surface area contributed by atoms with Gasteiger partial charge in [0.25, 0.3) is 0 Å². The van der Waals surface area contributed by atoms with Gasteiger partial charge in [0.15, 0.2) is 0 Å². The molecule has 0 radical (unpaired) electrons. The van der Waals surface area contributed by atoms with Crippen molar-refractivity contribution in [1.29, 1.82) is 5.41 Å². The summed E-state index contributed by atoms with van der Waals surface area (Å²) in [7, 11) is 0. The third-order valence-electron chi connectivity index (χ3n) is 5.54. The Morgan fingerprint density at radius 3 is 2.62 bits per heavy atom. The molecule has 1 unspecified atom stereocenters. The molecule has 0 fully saturated rings. The van der Waals surface area contributed by atoms with Crippen LogP contribution in [0, 0.1) is 18.2 Å². The Bertz CT molecular complexity index is 1080. The van der Waals surface area contributed by atoms with Gasteiger partial charge in [0.05, 0.1) is 17.3 Å². The van der Waals surface area contributed by atoms with E-state index in [1.165, 1.54) is 12.3 Å². The van der Waals surface area contributed by atoms with Crippen LogP contribution in [0.25, 0.3) is 22.4 Å². The van der Waals surface area contributed by atoms with Crippen molar-refractivity contribution in [3.63, 3.8) is 0 Å². The lowest BCUT2D eigenvalue weighted by atomic mass is 9.93. The molecule has 2 aromatic heterocycles. The largest absolute Gasteiger partial charge is 0.330 e. The molecule has 32 heavy (non-hydrogen) atoms. The first kappa shape index (κ1) is 23.4. The minimum atomic E-state index is -0.669. The van der Waals surface area contributed by atoms with Crippen LogP contribution in [0.3, 0.4) is 0 Å². The number of halogens is 1. The van der Waals surface area contributed by atoms with Gasteiger partial charge in [-0.1, -0.05) is 18.9 Å². The Morgan fingerprint density at radius 1 is 1.06 bits per heavy atom. The van der Waals surface area contributed by atoms with E-state index in [2.05, 4.69) is 9.97 Å². The summed E-state index contributed by atoms with van der Waals surface area (Å²) in [6, 6.07) is 12.4. The molecule has 6 heteroatoms. The predicted molar refractivity (Wildman–Crippen MR) is 126 cm³/mol. The van der Waals surface area contributed by atoms with Crippen LogP contribution in [0.15, 0.2) is 54.9 Å². The summed E-state index contributed by atoms with van der Waals surface area (Å²) in [5, 5.41) is 7.82. The van der Waals surface area contributed by atoms with E-state index in [0.29, 0.717) is 24.2 Å². The summed E-state index contributed by atoms with van der Waals surface area (Å²) in [6.07, 6.45) is 8.67. The average Bonchev–Trinajstić information content (AvgIpc) is 2.81.